The van der Waals surface area contributed by atoms with Crippen molar-refractivity contribution < 1.29 is 9.53 Å². The van der Waals surface area contributed by atoms with Crippen molar-refractivity contribution in [2.45, 2.75) is 46.2 Å². The Bertz CT molecular complexity index is 953. The largest absolute Gasteiger partial charge is 0.493 e. The molecule has 1 saturated carbocycles. The molecule has 2 unspecified atom stereocenters. The minimum Gasteiger partial charge on any atom is -0.493 e. The smallest absolute Gasteiger partial charge is 0.317 e. The number of hydrogen-bond acceptors (Lipinski definition) is 3. The topological polar surface area (TPSA) is 44.8 Å². The molecule has 2 atom stereocenters. The van der Waals surface area contributed by atoms with E-state index in [1.54, 1.807) is 0 Å². The molecule has 1 N–H and O–H groups in total. The highest BCUT2D eigenvalue weighted by molar-refractivity contribution is 5.75. The standard InChI is InChI=1S/C29H39N3O2/c1-22(2)19-34-26-10-8-24(9-11-26)18-32-21-29(20-30-28(32)33)16-27(29)25-12-14-31(15-13-25)17-23-6-4-3-5-7-23/h3-11,22,25,27H,12-21H2,1-2H3,(H,30,33). The van der Waals surface area contributed by atoms with Crippen LogP contribution in [0, 0.1) is 23.2 Å². The van der Waals surface area contributed by atoms with Crippen LogP contribution < -0.4 is 10.1 Å². The third-order valence-electron chi connectivity index (χ3n) is 7.97. The number of likely N-dealkylation sites (tertiary alicyclic amines) is 1. The van der Waals surface area contributed by atoms with E-state index in [1.807, 2.05) is 17.0 Å². The van der Waals surface area contributed by atoms with Gasteiger partial charge in [0.15, 0.2) is 0 Å². The number of nitrogens with one attached hydrogen (secondary N) is 1. The lowest BCUT2D eigenvalue weighted by molar-refractivity contribution is 0.126. The highest BCUT2D eigenvalue weighted by atomic mass is 16.5. The summed E-state index contributed by atoms with van der Waals surface area (Å²) in [6.07, 6.45) is 3.82. The van der Waals surface area contributed by atoms with E-state index >= 15 is 0 Å². The van der Waals surface area contributed by atoms with Gasteiger partial charge in [0.2, 0.25) is 0 Å². The number of amides is 2. The number of carbonyl (C=O) groups is 1. The molecule has 2 saturated heterocycles. The van der Waals surface area contributed by atoms with E-state index in [1.165, 1.54) is 37.9 Å². The van der Waals surface area contributed by atoms with Crippen molar-refractivity contribution in [3.8, 4) is 5.75 Å². The lowest BCUT2D eigenvalue weighted by Gasteiger charge is -2.37. The first-order valence-corrected chi connectivity index (χ1v) is 13.0. The van der Waals surface area contributed by atoms with Crippen LogP contribution in [0.2, 0.25) is 0 Å². The maximum Gasteiger partial charge on any atom is 0.317 e. The molecule has 5 heteroatoms. The summed E-state index contributed by atoms with van der Waals surface area (Å²) in [5, 5.41) is 3.21. The molecule has 2 aliphatic heterocycles. The van der Waals surface area contributed by atoms with Crippen molar-refractivity contribution in [1.82, 2.24) is 15.1 Å². The molecule has 0 aromatic heterocycles. The molecule has 3 fully saturated rings. The first-order valence-electron chi connectivity index (χ1n) is 13.0. The number of urea groups is 1. The van der Waals surface area contributed by atoms with Gasteiger partial charge in [-0.3, -0.25) is 4.90 Å². The van der Waals surface area contributed by atoms with Gasteiger partial charge in [0.25, 0.3) is 0 Å². The van der Waals surface area contributed by atoms with Crippen LogP contribution in [0.3, 0.4) is 0 Å². The fourth-order valence-corrected chi connectivity index (χ4v) is 5.96. The molecule has 182 valence electrons. The lowest BCUT2D eigenvalue weighted by atomic mass is 9.86. The van der Waals surface area contributed by atoms with Crippen LogP contribution >= 0.6 is 0 Å². The Labute approximate surface area is 204 Å². The van der Waals surface area contributed by atoms with E-state index in [2.05, 4.69) is 66.5 Å². The zero-order valence-corrected chi connectivity index (χ0v) is 20.7. The quantitative estimate of drug-likeness (QED) is 0.590. The summed E-state index contributed by atoms with van der Waals surface area (Å²) in [5.41, 5.74) is 2.85. The van der Waals surface area contributed by atoms with Gasteiger partial charge in [0.1, 0.15) is 5.75 Å². The molecule has 5 rings (SSSR count). The third-order valence-corrected chi connectivity index (χ3v) is 7.97. The molecule has 3 aliphatic rings. The van der Waals surface area contributed by atoms with Crippen LogP contribution in [0.25, 0.3) is 0 Å². The molecular formula is C29H39N3O2. The predicted octanol–water partition coefficient (Wildman–Crippen LogP) is 5.17. The SMILES string of the molecule is CC(C)COc1ccc(CN2CC3(CNC2=O)CC3C2CCN(Cc3ccccc3)CC2)cc1. The monoisotopic (exact) mass is 461 g/mol. The lowest BCUT2D eigenvalue weighted by Crippen LogP contribution is -2.52. The second-order valence-corrected chi connectivity index (χ2v) is 11.1. The van der Waals surface area contributed by atoms with Crippen LogP contribution in [-0.2, 0) is 13.1 Å². The summed E-state index contributed by atoms with van der Waals surface area (Å²) in [4.78, 5) is 17.3. The summed E-state index contributed by atoms with van der Waals surface area (Å²) in [6, 6.07) is 19.1. The van der Waals surface area contributed by atoms with E-state index in [9.17, 15) is 4.79 Å². The predicted molar refractivity (Wildman–Crippen MR) is 136 cm³/mol. The van der Waals surface area contributed by atoms with Gasteiger partial charge in [-0.05, 0) is 73.4 Å². The maximum atomic E-state index is 12.6. The zero-order valence-electron chi connectivity index (χ0n) is 20.7. The zero-order chi connectivity index (χ0) is 23.5. The van der Waals surface area contributed by atoms with Crippen molar-refractivity contribution in [2.75, 3.05) is 32.8 Å². The number of ether oxygens (including phenoxy) is 1. The Morgan fingerprint density at radius 3 is 2.41 bits per heavy atom. The third kappa shape index (κ3) is 5.41. The second kappa shape index (κ2) is 9.99. The molecule has 34 heavy (non-hydrogen) atoms. The minimum atomic E-state index is 0.0779. The van der Waals surface area contributed by atoms with Crippen LogP contribution in [0.15, 0.2) is 54.6 Å². The van der Waals surface area contributed by atoms with E-state index in [4.69, 9.17) is 4.74 Å². The van der Waals surface area contributed by atoms with Crippen molar-refractivity contribution in [1.29, 1.82) is 0 Å². The minimum absolute atomic E-state index is 0.0779. The van der Waals surface area contributed by atoms with Gasteiger partial charge < -0.3 is 15.0 Å². The average Bonchev–Trinajstić information content (AvgIpc) is 3.55. The maximum absolute atomic E-state index is 12.6. The normalized spacial score (nSPS) is 25.6. The summed E-state index contributed by atoms with van der Waals surface area (Å²) in [5.74, 6) is 2.95. The Morgan fingerprint density at radius 2 is 1.71 bits per heavy atom. The van der Waals surface area contributed by atoms with Gasteiger partial charge in [-0.2, -0.15) is 0 Å². The molecule has 5 nitrogen and oxygen atoms in total. The number of benzene rings is 2. The molecule has 2 aromatic rings. The van der Waals surface area contributed by atoms with Crippen molar-refractivity contribution in [3.05, 3.63) is 65.7 Å². The number of carbonyl (C=O) groups excluding carboxylic acids is 1. The molecule has 2 heterocycles. The molecule has 2 aromatic carbocycles. The molecule has 1 aliphatic carbocycles. The van der Waals surface area contributed by atoms with Crippen molar-refractivity contribution in [2.24, 2.45) is 23.2 Å². The van der Waals surface area contributed by atoms with Gasteiger partial charge >= 0.3 is 6.03 Å². The summed E-state index contributed by atoms with van der Waals surface area (Å²) in [7, 11) is 0. The number of nitrogens with zero attached hydrogens (tertiary/aromatic N) is 2. The van der Waals surface area contributed by atoms with E-state index in [-0.39, 0.29) is 11.4 Å². The highest BCUT2D eigenvalue weighted by Gasteiger charge is 2.59. The van der Waals surface area contributed by atoms with E-state index in [0.29, 0.717) is 12.5 Å². The molecular weight excluding hydrogens is 422 g/mol. The van der Waals surface area contributed by atoms with Crippen LogP contribution in [0.1, 0.15) is 44.2 Å². The number of hydrogen-bond donors (Lipinski definition) is 1. The average molecular weight is 462 g/mol. The highest BCUT2D eigenvalue weighted by Crippen LogP contribution is 2.59. The van der Waals surface area contributed by atoms with E-state index < -0.39 is 0 Å². The van der Waals surface area contributed by atoms with Gasteiger partial charge in [-0.15, -0.1) is 0 Å². The van der Waals surface area contributed by atoms with Crippen molar-refractivity contribution in [3.63, 3.8) is 0 Å². The number of rotatable bonds is 8. The summed E-state index contributed by atoms with van der Waals surface area (Å²) < 4.78 is 5.80. The van der Waals surface area contributed by atoms with Crippen molar-refractivity contribution >= 4 is 6.03 Å². The molecule has 0 radical (unpaired) electrons. The van der Waals surface area contributed by atoms with Gasteiger partial charge in [0.05, 0.1) is 6.61 Å². The van der Waals surface area contributed by atoms with Crippen LogP contribution in [0.5, 0.6) is 5.75 Å². The number of piperidine rings is 1. The van der Waals surface area contributed by atoms with E-state index in [0.717, 1.165) is 49.4 Å². The Balaban J connectivity index is 1.12. The fraction of sp³-hybridized carbons (Fsp3) is 0.552. The van der Waals surface area contributed by atoms with Gasteiger partial charge in [-0.1, -0.05) is 56.3 Å². The van der Waals surface area contributed by atoms with Crippen LogP contribution in [0.4, 0.5) is 4.79 Å². The summed E-state index contributed by atoms with van der Waals surface area (Å²) >= 11 is 0. The Kier molecular flexibility index (Phi) is 6.82. The van der Waals surface area contributed by atoms with Gasteiger partial charge in [-0.25, -0.2) is 4.79 Å². The first kappa shape index (κ1) is 23.2. The molecule has 1 spiro atoms. The summed E-state index contributed by atoms with van der Waals surface area (Å²) in [6.45, 7) is 10.9. The second-order valence-electron chi connectivity index (χ2n) is 11.1. The van der Waals surface area contributed by atoms with Crippen LogP contribution in [-0.4, -0.2) is 48.6 Å². The first-order chi connectivity index (χ1) is 16.5. The molecule has 2 amide bonds. The fourth-order valence-electron chi connectivity index (χ4n) is 5.96. The van der Waals surface area contributed by atoms with Gasteiger partial charge in [0, 0.05) is 31.6 Å². The Morgan fingerprint density at radius 1 is 1.00 bits per heavy atom. The molecule has 0 bridgehead atoms. The Hall–Kier alpha value is -2.53.